The van der Waals surface area contributed by atoms with Gasteiger partial charge in [-0.3, -0.25) is 0 Å². The molecule has 0 aliphatic heterocycles. The molecule has 0 spiro atoms. The Bertz CT molecular complexity index is 161. The lowest BCUT2D eigenvalue weighted by Gasteiger charge is -2.24. The van der Waals surface area contributed by atoms with E-state index >= 15 is 0 Å². The maximum atomic E-state index is 8.49. The molecule has 0 aliphatic carbocycles. The smallest absolute Gasteiger partial charge is 0.0734 e. The zero-order valence-electron chi connectivity index (χ0n) is 7.39. The summed E-state index contributed by atoms with van der Waals surface area (Å²) in [6.45, 7) is 9.97. The Kier molecular flexibility index (Phi) is 3.82. The SMILES string of the molecule is C=CCNC(C)(C)/C(C)=N\O. The summed E-state index contributed by atoms with van der Waals surface area (Å²) in [6.07, 6.45) is 1.77. The molecule has 0 aliphatic rings. The van der Waals surface area contributed by atoms with E-state index in [1.807, 2.05) is 13.8 Å². The van der Waals surface area contributed by atoms with Crippen molar-refractivity contribution in [3.63, 3.8) is 0 Å². The van der Waals surface area contributed by atoms with Crippen molar-refractivity contribution in [2.45, 2.75) is 26.3 Å². The molecule has 0 fully saturated rings. The largest absolute Gasteiger partial charge is 0.411 e. The van der Waals surface area contributed by atoms with E-state index < -0.39 is 0 Å². The molecule has 0 heterocycles. The first-order valence-corrected chi connectivity index (χ1v) is 3.59. The van der Waals surface area contributed by atoms with Gasteiger partial charge in [-0.25, -0.2) is 0 Å². The van der Waals surface area contributed by atoms with Gasteiger partial charge in [0.25, 0.3) is 0 Å². The number of rotatable bonds is 4. The van der Waals surface area contributed by atoms with Crippen LogP contribution in [0.3, 0.4) is 0 Å². The Morgan fingerprint density at radius 2 is 2.27 bits per heavy atom. The molecule has 0 aromatic heterocycles. The number of hydrogen-bond donors (Lipinski definition) is 2. The normalized spacial score (nSPS) is 13.2. The van der Waals surface area contributed by atoms with Crippen LogP contribution >= 0.6 is 0 Å². The van der Waals surface area contributed by atoms with Crippen LogP contribution in [0, 0.1) is 0 Å². The molecule has 3 nitrogen and oxygen atoms in total. The maximum absolute atomic E-state index is 8.49. The number of oxime groups is 1. The zero-order valence-corrected chi connectivity index (χ0v) is 7.39. The molecule has 11 heavy (non-hydrogen) atoms. The van der Waals surface area contributed by atoms with Gasteiger partial charge in [0.1, 0.15) is 0 Å². The van der Waals surface area contributed by atoms with Crippen LogP contribution in [0.1, 0.15) is 20.8 Å². The summed E-state index contributed by atoms with van der Waals surface area (Å²) >= 11 is 0. The van der Waals surface area contributed by atoms with Crippen LogP contribution in [0.25, 0.3) is 0 Å². The van der Waals surface area contributed by atoms with Crippen molar-refractivity contribution in [2.75, 3.05) is 6.54 Å². The van der Waals surface area contributed by atoms with E-state index in [4.69, 9.17) is 5.21 Å². The van der Waals surface area contributed by atoms with Crippen LogP contribution in [-0.2, 0) is 0 Å². The van der Waals surface area contributed by atoms with Gasteiger partial charge >= 0.3 is 0 Å². The minimum atomic E-state index is -0.261. The molecule has 0 rings (SSSR count). The Morgan fingerprint density at radius 3 is 2.64 bits per heavy atom. The van der Waals surface area contributed by atoms with Crippen LogP contribution in [-0.4, -0.2) is 23.0 Å². The number of hydrogen-bond acceptors (Lipinski definition) is 3. The van der Waals surface area contributed by atoms with Gasteiger partial charge in [-0.2, -0.15) is 0 Å². The number of nitrogens with zero attached hydrogens (tertiary/aromatic N) is 1. The molecule has 0 aromatic carbocycles. The molecule has 0 saturated carbocycles. The van der Waals surface area contributed by atoms with Gasteiger partial charge < -0.3 is 10.5 Å². The quantitative estimate of drug-likeness (QED) is 0.279. The third kappa shape index (κ3) is 3.18. The van der Waals surface area contributed by atoms with Gasteiger partial charge in [-0.15, -0.1) is 6.58 Å². The van der Waals surface area contributed by atoms with E-state index in [1.165, 1.54) is 0 Å². The average Bonchev–Trinajstić information content (AvgIpc) is 1.99. The van der Waals surface area contributed by atoms with Gasteiger partial charge in [0.05, 0.1) is 11.3 Å². The minimum absolute atomic E-state index is 0.261. The van der Waals surface area contributed by atoms with Crippen LogP contribution in [0.4, 0.5) is 0 Å². The molecule has 3 heteroatoms. The highest BCUT2D eigenvalue weighted by atomic mass is 16.4. The predicted octanol–water partition coefficient (Wildman–Crippen LogP) is 1.39. The van der Waals surface area contributed by atoms with Crippen molar-refractivity contribution in [1.29, 1.82) is 0 Å². The van der Waals surface area contributed by atoms with Gasteiger partial charge in [-0.05, 0) is 20.8 Å². The summed E-state index contributed by atoms with van der Waals surface area (Å²) < 4.78 is 0. The van der Waals surface area contributed by atoms with Crippen molar-refractivity contribution in [3.05, 3.63) is 12.7 Å². The first kappa shape index (κ1) is 10.2. The second kappa shape index (κ2) is 4.13. The topological polar surface area (TPSA) is 44.6 Å². The van der Waals surface area contributed by atoms with E-state index in [9.17, 15) is 0 Å². The number of nitrogens with one attached hydrogen (secondary N) is 1. The molecular weight excluding hydrogens is 140 g/mol. The van der Waals surface area contributed by atoms with E-state index in [-0.39, 0.29) is 5.54 Å². The fourth-order valence-electron chi connectivity index (χ4n) is 0.580. The van der Waals surface area contributed by atoms with Crippen molar-refractivity contribution >= 4 is 5.71 Å². The molecule has 0 amide bonds. The monoisotopic (exact) mass is 156 g/mol. The third-order valence-corrected chi connectivity index (χ3v) is 1.74. The van der Waals surface area contributed by atoms with E-state index in [2.05, 4.69) is 17.1 Å². The summed E-state index contributed by atoms with van der Waals surface area (Å²) in [5.41, 5.74) is 0.405. The molecule has 0 aromatic rings. The lowest BCUT2D eigenvalue weighted by atomic mass is 10.00. The highest BCUT2D eigenvalue weighted by molar-refractivity contribution is 5.90. The standard InChI is InChI=1S/C8H16N2O/c1-5-6-9-8(3,4)7(2)10-11/h5,9,11H,1,6H2,2-4H3/b10-7-. The third-order valence-electron chi connectivity index (χ3n) is 1.74. The second-order valence-corrected chi connectivity index (χ2v) is 2.98. The first-order chi connectivity index (χ1) is 5.04. The molecule has 0 radical (unpaired) electrons. The summed E-state index contributed by atoms with van der Waals surface area (Å²) in [6, 6.07) is 0. The van der Waals surface area contributed by atoms with E-state index in [1.54, 1.807) is 13.0 Å². The Balaban J connectivity index is 4.09. The molecule has 0 bridgehead atoms. The zero-order chi connectivity index (χ0) is 8.91. The van der Waals surface area contributed by atoms with Crippen LogP contribution in [0.2, 0.25) is 0 Å². The average molecular weight is 156 g/mol. The summed E-state index contributed by atoms with van der Waals surface area (Å²) in [5, 5.41) is 14.8. The van der Waals surface area contributed by atoms with Crippen molar-refractivity contribution in [3.8, 4) is 0 Å². The van der Waals surface area contributed by atoms with Crippen molar-refractivity contribution in [1.82, 2.24) is 5.32 Å². The van der Waals surface area contributed by atoms with Gasteiger partial charge in [-0.1, -0.05) is 11.2 Å². The fraction of sp³-hybridized carbons (Fsp3) is 0.625. The van der Waals surface area contributed by atoms with Crippen molar-refractivity contribution < 1.29 is 5.21 Å². The van der Waals surface area contributed by atoms with Crippen molar-refractivity contribution in [2.24, 2.45) is 5.16 Å². The molecule has 0 saturated heterocycles. The predicted molar refractivity (Wildman–Crippen MR) is 47.2 cm³/mol. The summed E-state index contributed by atoms with van der Waals surface area (Å²) in [5.74, 6) is 0. The minimum Gasteiger partial charge on any atom is -0.411 e. The Morgan fingerprint density at radius 1 is 1.73 bits per heavy atom. The molecular formula is C8H16N2O. The molecule has 64 valence electrons. The second-order valence-electron chi connectivity index (χ2n) is 2.98. The van der Waals surface area contributed by atoms with E-state index in [0.29, 0.717) is 12.3 Å². The molecule has 0 atom stereocenters. The lowest BCUT2D eigenvalue weighted by Crippen LogP contribution is -2.45. The fourth-order valence-corrected chi connectivity index (χ4v) is 0.580. The molecule has 0 unspecified atom stereocenters. The Hall–Kier alpha value is -0.830. The van der Waals surface area contributed by atoms with Gasteiger partial charge in [0.15, 0.2) is 0 Å². The van der Waals surface area contributed by atoms with Crippen LogP contribution in [0.5, 0.6) is 0 Å². The highest BCUT2D eigenvalue weighted by Crippen LogP contribution is 2.03. The van der Waals surface area contributed by atoms with Crippen LogP contribution in [0.15, 0.2) is 17.8 Å². The maximum Gasteiger partial charge on any atom is 0.0734 e. The van der Waals surface area contributed by atoms with Gasteiger partial charge in [0.2, 0.25) is 0 Å². The molecule has 2 N–H and O–H groups in total. The first-order valence-electron chi connectivity index (χ1n) is 3.59. The van der Waals surface area contributed by atoms with Gasteiger partial charge in [0, 0.05) is 6.54 Å². The van der Waals surface area contributed by atoms with Crippen LogP contribution < -0.4 is 5.32 Å². The van der Waals surface area contributed by atoms with E-state index in [0.717, 1.165) is 0 Å². The summed E-state index contributed by atoms with van der Waals surface area (Å²) in [7, 11) is 0. The summed E-state index contributed by atoms with van der Waals surface area (Å²) in [4.78, 5) is 0. The lowest BCUT2D eigenvalue weighted by molar-refractivity contribution is 0.311. The highest BCUT2D eigenvalue weighted by Gasteiger charge is 2.19. The Labute approximate surface area is 67.8 Å².